The topological polar surface area (TPSA) is 26.0 Å². The third-order valence-electron chi connectivity index (χ3n) is 2.34. The van der Waals surface area contributed by atoms with E-state index < -0.39 is 0 Å². The van der Waals surface area contributed by atoms with Crippen LogP contribution in [-0.2, 0) is 0 Å². The van der Waals surface area contributed by atoms with Gasteiger partial charge in [-0.25, -0.2) is 0 Å². The number of rotatable bonds is 2. The molecule has 2 N–H and O–H groups in total. The molecule has 2 rings (SSSR count). The lowest BCUT2D eigenvalue weighted by atomic mass is 10.2. The number of benzene rings is 2. The molecule has 1 nitrogen and oxygen atoms in total. The molecule has 17 heavy (non-hydrogen) atoms. The monoisotopic (exact) mass is 371 g/mol. The zero-order valence-corrected chi connectivity index (χ0v) is 13.2. The highest BCUT2D eigenvalue weighted by Crippen LogP contribution is 2.36. The summed E-state index contributed by atoms with van der Waals surface area (Å²) in [6.45, 7) is 2.02. The van der Waals surface area contributed by atoms with Gasteiger partial charge in [-0.15, -0.1) is 0 Å². The standard InChI is InChI=1S/C13H11Br2NS/c1-8-5-13(11(15)7-12(8)16)17-10-4-2-3-9(14)6-10/h2-7H,16H2,1H3. The summed E-state index contributed by atoms with van der Waals surface area (Å²) < 4.78 is 2.12. The molecular weight excluding hydrogens is 362 g/mol. The largest absolute Gasteiger partial charge is 0.398 e. The predicted molar refractivity (Wildman–Crippen MR) is 81.6 cm³/mol. The van der Waals surface area contributed by atoms with Gasteiger partial charge in [-0.2, -0.15) is 0 Å². The van der Waals surface area contributed by atoms with Crippen LogP contribution in [0.1, 0.15) is 5.56 Å². The Hall–Kier alpha value is -0.450. The van der Waals surface area contributed by atoms with Gasteiger partial charge < -0.3 is 5.73 Å². The maximum Gasteiger partial charge on any atom is 0.0355 e. The molecule has 0 aromatic heterocycles. The van der Waals surface area contributed by atoms with E-state index in [1.54, 1.807) is 11.8 Å². The smallest absolute Gasteiger partial charge is 0.0355 e. The second-order valence-corrected chi connectivity index (χ2v) is 6.58. The number of halogens is 2. The van der Waals surface area contributed by atoms with Crippen LogP contribution in [0.25, 0.3) is 0 Å². The van der Waals surface area contributed by atoms with Crippen molar-refractivity contribution in [1.82, 2.24) is 0 Å². The molecule has 0 aliphatic carbocycles. The van der Waals surface area contributed by atoms with Crippen molar-refractivity contribution in [3.8, 4) is 0 Å². The summed E-state index contributed by atoms with van der Waals surface area (Å²) in [4.78, 5) is 2.37. The lowest BCUT2D eigenvalue weighted by Gasteiger charge is -2.08. The molecule has 0 unspecified atom stereocenters. The van der Waals surface area contributed by atoms with Gasteiger partial charge in [-0.05, 0) is 58.7 Å². The maximum absolute atomic E-state index is 5.86. The van der Waals surface area contributed by atoms with Crippen molar-refractivity contribution < 1.29 is 0 Å². The predicted octanol–water partition coefficient (Wildman–Crippen LogP) is 5.25. The fraction of sp³-hybridized carbons (Fsp3) is 0.0769. The van der Waals surface area contributed by atoms with Crippen molar-refractivity contribution in [3.63, 3.8) is 0 Å². The lowest BCUT2D eigenvalue weighted by molar-refractivity contribution is 1.32. The molecular formula is C13H11Br2NS. The molecule has 0 saturated carbocycles. The van der Waals surface area contributed by atoms with Crippen LogP contribution in [0, 0.1) is 6.92 Å². The highest BCUT2D eigenvalue weighted by atomic mass is 79.9. The van der Waals surface area contributed by atoms with Crippen molar-refractivity contribution in [2.45, 2.75) is 16.7 Å². The van der Waals surface area contributed by atoms with Crippen molar-refractivity contribution in [1.29, 1.82) is 0 Å². The molecule has 0 atom stereocenters. The normalized spacial score (nSPS) is 10.5. The molecule has 0 fully saturated rings. The average Bonchev–Trinajstić information content (AvgIpc) is 2.26. The summed E-state index contributed by atoms with van der Waals surface area (Å²) in [6, 6.07) is 12.3. The fourth-order valence-corrected chi connectivity index (χ4v) is 3.54. The Morgan fingerprint density at radius 2 is 1.88 bits per heavy atom. The Morgan fingerprint density at radius 1 is 1.12 bits per heavy atom. The summed E-state index contributed by atoms with van der Waals surface area (Å²) in [5.74, 6) is 0. The summed E-state index contributed by atoms with van der Waals surface area (Å²) in [7, 11) is 0. The number of aryl methyl sites for hydroxylation is 1. The van der Waals surface area contributed by atoms with E-state index in [2.05, 4.69) is 50.1 Å². The zero-order valence-electron chi connectivity index (χ0n) is 9.21. The Kier molecular flexibility index (Phi) is 4.17. The van der Waals surface area contributed by atoms with Gasteiger partial charge in [-0.3, -0.25) is 0 Å². The zero-order chi connectivity index (χ0) is 12.4. The molecule has 2 aromatic rings. The van der Waals surface area contributed by atoms with Gasteiger partial charge in [0.15, 0.2) is 0 Å². The quantitative estimate of drug-likeness (QED) is 0.728. The molecule has 0 radical (unpaired) electrons. The maximum atomic E-state index is 5.86. The van der Waals surface area contributed by atoms with Gasteiger partial charge in [0, 0.05) is 24.4 Å². The van der Waals surface area contributed by atoms with Crippen LogP contribution < -0.4 is 5.73 Å². The van der Waals surface area contributed by atoms with Crippen LogP contribution in [0.2, 0.25) is 0 Å². The third kappa shape index (κ3) is 3.27. The van der Waals surface area contributed by atoms with E-state index in [1.165, 1.54) is 9.79 Å². The SMILES string of the molecule is Cc1cc(Sc2cccc(Br)c2)c(Br)cc1N. The summed E-state index contributed by atoms with van der Waals surface area (Å²) >= 11 is 8.74. The molecule has 0 heterocycles. The second kappa shape index (κ2) is 5.46. The van der Waals surface area contributed by atoms with Crippen molar-refractivity contribution in [2.24, 2.45) is 0 Å². The van der Waals surface area contributed by atoms with Gasteiger partial charge in [-0.1, -0.05) is 33.8 Å². The minimum atomic E-state index is 0.815. The Balaban J connectivity index is 2.33. The first kappa shape index (κ1) is 13.0. The van der Waals surface area contributed by atoms with E-state index in [-0.39, 0.29) is 0 Å². The number of nitrogen functional groups attached to an aromatic ring is 1. The molecule has 4 heteroatoms. The highest BCUT2D eigenvalue weighted by Gasteiger charge is 2.05. The van der Waals surface area contributed by atoms with Gasteiger partial charge in [0.05, 0.1) is 0 Å². The highest BCUT2D eigenvalue weighted by molar-refractivity contribution is 9.10. The Bertz CT molecular complexity index is 555. The average molecular weight is 373 g/mol. The molecule has 0 spiro atoms. The Labute approximate surface area is 122 Å². The van der Waals surface area contributed by atoms with Crippen LogP contribution >= 0.6 is 43.6 Å². The van der Waals surface area contributed by atoms with Gasteiger partial charge in [0.1, 0.15) is 0 Å². The molecule has 0 saturated heterocycles. The van der Waals surface area contributed by atoms with Crippen molar-refractivity contribution in [2.75, 3.05) is 5.73 Å². The van der Waals surface area contributed by atoms with Crippen LogP contribution in [0.5, 0.6) is 0 Å². The second-order valence-electron chi connectivity index (χ2n) is 3.70. The molecule has 0 aliphatic rings. The summed E-state index contributed by atoms with van der Waals surface area (Å²) in [5, 5.41) is 0. The van der Waals surface area contributed by atoms with E-state index in [4.69, 9.17) is 5.73 Å². The number of nitrogens with two attached hydrogens (primary N) is 1. The van der Waals surface area contributed by atoms with Crippen LogP contribution in [0.3, 0.4) is 0 Å². The fourth-order valence-electron chi connectivity index (χ4n) is 1.41. The molecule has 2 aromatic carbocycles. The first-order chi connectivity index (χ1) is 8.06. The molecule has 0 bridgehead atoms. The minimum Gasteiger partial charge on any atom is -0.398 e. The molecule has 88 valence electrons. The number of hydrogen-bond acceptors (Lipinski definition) is 2. The van der Waals surface area contributed by atoms with E-state index in [9.17, 15) is 0 Å². The summed E-state index contributed by atoms with van der Waals surface area (Å²) in [5.41, 5.74) is 7.78. The molecule has 0 amide bonds. The van der Waals surface area contributed by atoms with Crippen LogP contribution in [0.4, 0.5) is 5.69 Å². The first-order valence-electron chi connectivity index (χ1n) is 5.05. The third-order valence-corrected chi connectivity index (χ3v) is 4.80. The van der Waals surface area contributed by atoms with Gasteiger partial charge in [0.2, 0.25) is 0 Å². The number of anilines is 1. The minimum absolute atomic E-state index is 0.815. The van der Waals surface area contributed by atoms with Crippen LogP contribution in [0.15, 0.2) is 55.1 Å². The van der Waals surface area contributed by atoms with Crippen molar-refractivity contribution >= 4 is 49.3 Å². The van der Waals surface area contributed by atoms with Gasteiger partial charge >= 0.3 is 0 Å². The molecule has 0 aliphatic heterocycles. The lowest BCUT2D eigenvalue weighted by Crippen LogP contribution is -1.90. The Morgan fingerprint density at radius 3 is 2.59 bits per heavy atom. The number of hydrogen-bond donors (Lipinski definition) is 1. The first-order valence-corrected chi connectivity index (χ1v) is 7.45. The van der Waals surface area contributed by atoms with Gasteiger partial charge in [0.25, 0.3) is 0 Å². The van der Waals surface area contributed by atoms with Crippen molar-refractivity contribution in [3.05, 3.63) is 50.9 Å². The van der Waals surface area contributed by atoms with E-state index >= 15 is 0 Å². The summed E-state index contributed by atoms with van der Waals surface area (Å²) in [6.07, 6.45) is 0. The van der Waals surface area contributed by atoms with E-state index in [0.717, 1.165) is 20.2 Å². The van der Waals surface area contributed by atoms with E-state index in [1.807, 2.05) is 25.1 Å². The van der Waals surface area contributed by atoms with E-state index in [0.29, 0.717) is 0 Å². The van der Waals surface area contributed by atoms with Crippen LogP contribution in [-0.4, -0.2) is 0 Å².